The Hall–Kier alpha value is -3.94. The van der Waals surface area contributed by atoms with E-state index >= 15 is 0 Å². The SMILES string of the molecule is COc1ccc(NC(=O)c2ccccc2F)cc1N1CCCN(Cc2ccccc2F)C1=O. The van der Waals surface area contributed by atoms with Crippen LogP contribution in [-0.4, -0.2) is 37.0 Å². The van der Waals surface area contributed by atoms with Gasteiger partial charge in [-0.2, -0.15) is 0 Å². The zero-order chi connectivity index (χ0) is 23.4. The molecule has 1 fully saturated rings. The highest BCUT2D eigenvalue weighted by molar-refractivity contribution is 6.05. The first-order chi connectivity index (χ1) is 16.0. The summed E-state index contributed by atoms with van der Waals surface area (Å²) in [5.74, 6) is -1.15. The Morgan fingerprint density at radius 2 is 1.73 bits per heavy atom. The molecule has 1 aliphatic rings. The van der Waals surface area contributed by atoms with Crippen molar-refractivity contribution in [2.75, 3.05) is 30.4 Å². The predicted octanol–water partition coefficient (Wildman–Crippen LogP) is 5.06. The molecule has 0 aromatic heterocycles. The number of rotatable bonds is 6. The van der Waals surface area contributed by atoms with Gasteiger partial charge in [0.15, 0.2) is 0 Å². The Kier molecular flexibility index (Phi) is 6.53. The standard InChI is InChI=1S/C25H23F2N3O3/c1-33-23-12-11-18(28-24(31)19-8-3-5-10-21(19)27)15-22(23)30-14-6-13-29(25(30)32)16-17-7-2-4-9-20(17)26/h2-5,7-12,15H,6,13-14,16H2,1H3,(H,28,31). The van der Waals surface area contributed by atoms with Crippen LogP contribution in [0.1, 0.15) is 22.3 Å². The summed E-state index contributed by atoms with van der Waals surface area (Å²) in [5, 5.41) is 2.67. The summed E-state index contributed by atoms with van der Waals surface area (Å²) in [6.07, 6.45) is 0.676. The number of amides is 3. The van der Waals surface area contributed by atoms with E-state index in [1.165, 1.54) is 31.4 Å². The number of anilines is 2. The average molecular weight is 451 g/mol. The Bertz CT molecular complexity index is 1190. The van der Waals surface area contributed by atoms with E-state index in [0.29, 0.717) is 42.2 Å². The van der Waals surface area contributed by atoms with Gasteiger partial charge in [0, 0.05) is 24.3 Å². The first-order valence-electron chi connectivity index (χ1n) is 10.5. The summed E-state index contributed by atoms with van der Waals surface area (Å²) in [4.78, 5) is 28.9. The molecule has 0 bridgehead atoms. The van der Waals surface area contributed by atoms with Crippen molar-refractivity contribution in [1.82, 2.24) is 4.90 Å². The minimum Gasteiger partial charge on any atom is -0.495 e. The lowest BCUT2D eigenvalue weighted by molar-refractivity contribution is 0.102. The molecule has 0 saturated carbocycles. The summed E-state index contributed by atoms with van der Waals surface area (Å²) >= 11 is 0. The molecule has 1 aliphatic heterocycles. The average Bonchev–Trinajstić information content (AvgIpc) is 2.82. The third-order valence-corrected chi connectivity index (χ3v) is 5.48. The van der Waals surface area contributed by atoms with Crippen LogP contribution in [0, 0.1) is 11.6 Å². The predicted molar refractivity (Wildman–Crippen MR) is 122 cm³/mol. The Morgan fingerprint density at radius 1 is 1.00 bits per heavy atom. The molecule has 4 rings (SSSR count). The van der Waals surface area contributed by atoms with Gasteiger partial charge in [0.2, 0.25) is 0 Å². The molecule has 1 saturated heterocycles. The number of halogens is 2. The fourth-order valence-electron chi connectivity index (χ4n) is 3.81. The molecule has 3 amide bonds. The number of carbonyl (C=O) groups excluding carboxylic acids is 2. The van der Waals surface area contributed by atoms with Crippen LogP contribution in [0.3, 0.4) is 0 Å². The van der Waals surface area contributed by atoms with Crippen LogP contribution in [0.15, 0.2) is 66.7 Å². The molecule has 6 nitrogen and oxygen atoms in total. The zero-order valence-corrected chi connectivity index (χ0v) is 18.1. The van der Waals surface area contributed by atoms with Crippen LogP contribution in [0.4, 0.5) is 25.0 Å². The van der Waals surface area contributed by atoms with E-state index in [1.807, 2.05) is 0 Å². The third kappa shape index (κ3) is 4.79. The molecule has 3 aromatic carbocycles. The number of nitrogens with one attached hydrogen (secondary N) is 1. The molecule has 0 atom stereocenters. The smallest absolute Gasteiger partial charge is 0.324 e. The summed E-state index contributed by atoms with van der Waals surface area (Å²) < 4.78 is 33.5. The molecule has 0 aliphatic carbocycles. The topological polar surface area (TPSA) is 61.9 Å². The maximum absolute atomic E-state index is 14.1. The maximum atomic E-state index is 14.1. The monoisotopic (exact) mass is 451 g/mol. The molecule has 0 radical (unpaired) electrons. The van der Waals surface area contributed by atoms with Crippen molar-refractivity contribution in [3.63, 3.8) is 0 Å². The van der Waals surface area contributed by atoms with Crippen molar-refractivity contribution in [2.45, 2.75) is 13.0 Å². The van der Waals surface area contributed by atoms with Gasteiger partial charge in [0.1, 0.15) is 17.4 Å². The van der Waals surface area contributed by atoms with Crippen LogP contribution in [-0.2, 0) is 6.54 Å². The summed E-state index contributed by atoms with van der Waals surface area (Å²) in [5.41, 5.74) is 1.20. The third-order valence-electron chi connectivity index (χ3n) is 5.48. The summed E-state index contributed by atoms with van der Waals surface area (Å²) in [7, 11) is 1.49. The second-order valence-electron chi connectivity index (χ2n) is 7.62. The van der Waals surface area contributed by atoms with Gasteiger partial charge in [-0.25, -0.2) is 13.6 Å². The zero-order valence-electron chi connectivity index (χ0n) is 18.1. The number of benzene rings is 3. The Morgan fingerprint density at radius 3 is 2.45 bits per heavy atom. The van der Waals surface area contributed by atoms with Crippen molar-refractivity contribution in [3.8, 4) is 5.75 Å². The number of hydrogen-bond acceptors (Lipinski definition) is 3. The van der Waals surface area contributed by atoms with Gasteiger partial charge in [-0.05, 0) is 42.8 Å². The highest BCUT2D eigenvalue weighted by atomic mass is 19.1. The van der Waals surface area contributed by atoms with Crippen molar-refractivity contribution in [3.05, 3.63) is 89.5 Å². The molecule has 0 spiro atoms. The van der Waals surface area contributed by atoms with E-state index in [0.717, 1.165) is 0 Å². The lowest BCUT2D eigenvalue weighted by Crippen LogP contribution is -2.49. The molecule has 8 heteroatoms. The van der Waals surface area contributed by atoms with Gasteiger partial charge in [0.25, 0.3) is 5.91 Å². The van der Waals surface area contributed by atoms with E-state index in [2.05, 4.69) is 5.32 Å². The van der Waals surface area contributed by atoms with E-state index in [9.17, 15) is 18.4 Å². The van der Waals surface area contributed by atoms with E-state index < -0.39 is 11.7 Å². The lowest BCUT2D eigenvalue weighted by atomic mass is 10.1. The largest absolute Gasteiger partial charge is 0.495 e. The van der Waals surface area contributed by atoms with E-state index in [4.69, 9.17) is 4.74 Å². The number of hydrogen-bond donors (Lipinski definition) is 1. The number of nitrogens with zero attached hydrogens (tertiary/aromatic N) is 2. The van der Waals surface area contributed by atoms with Crippen molar-refractivity contribution in [1.29, 1.82) is 0 Å². The Labute approximate surface area is 190 Å². The van der Waals surface area contributed by atoms with Crippen LogP contribution >= 0.6 is 0 Å². The van der Waals surface area contributed by atoms with Crippen molar-refractivity contribution >= 4 is 23.3 Å². The number of methoxy groups -OCH3 is 1. The second-order valence-corrected chi connectivity index (χ2v) is 7.62. The molecular weight excluding hydrogens is 428 g/mol. The minimum absolute atomic E-state index is 0.0834. The van der Waals surface area contributed by atoms with Crippen LogP contribution in [0.2, 0.25) is 0 Å². The molecule has 0 unspecified atom stereocenters. The molecule has 1 heterocycles. The highest BCUT2D eigenvalue weighted by Crippen LogP contribution is 2.34. The van der Waals surface area contributed by atoms with Gasteiger partial charge < -0.3 is 15.0 Å². The van der Waals surface area contributed by atoms with Gasteiger partial charge >= 0.3 is 6.03 Å². The highest BCUT2D eigenvalue weighted by Gasteiger charge is 2.29. The minimum atomic E-state index is -0.626. The van der Waals surface area contributed by atoms with E-state index in [1.54, 1.807) is 52.3 Å². The van der Waals surface area contributed by atoms with Crippen LogP contribution in [0.5, 0.6) is 5.75 Å². The van der Waals surface area contributed by atoms with Gasteiger partial charge in [-0.1, -0.05) is 30.3 Å². The second kappa shape index (κ2) is 9.68. The molecule has 170 valence electrons. The quantitative estimate of drug-likeness (QED) is 0.570. The molecule has 1 N–H and O–H groups in total. The Balaban J connectivity index is 1.58. The van der Waals surface area contributed by atoms with E-state index in [-0.39, 0.29) is 24.0 Å². The van der Waals surface area contributed by atoms with Gasteiger partial charge in [-0.15, -0.1) is 0 Å². The fraction of sp³-hybridized carbons (Fsp3) is 0.200. The number of carbonyl (C=O) groups is 2. The molecule has 3 aromatic rings. The summed E-state index contributed by atoms with van der Waals surface area (Å²) in [6.45, 7) is 1.08. The van der Waals surface area contributed by atoms with Gasteiger partial charge in [0.05, 0.1) is 24.9 Å². The molecular formula is C25H23F2N3O3. The normalized spacial score (nSPS) is 13.7. The van der Waals surface area contributed by atoms with Crippen molar-refractivity contribution in [2.24, 2.45) is 0 Å². The number of urea groups is 1. The first-order valence-corrected chi connectivity index (χ1v) is 10.5. The molecule has 33 heavy (non-hydrogen) atoms. The van der Waals surface area contributed by atoms with Crippen LogP contribution in [0.25, 0.3) is 0 Å². The summed E-state index contributed by atoms with van der Waals surface area (Å²) in [6, 6.07) is 16.6. The maximum Gasteiger partial charge on any atom is 0.324 e. The fourth-order valence-corrected chi connectivity index (χ4v) is 3.81. The van der Waals surface area contributed by atoms with Crippen LogP contribution < -0.4 is 15.0 Å². The first kappa shape index (κ1) is 22.3. The van der Waals surface area contributed by atoms with Gasteiger partial charge in [-0.3, -0.25) is 9.69 Å². The number of ether oxygens (including phenoxy) is 1. The lowest BCUT2D eigenvalue weighted by Gasteiger charge is -2.36. The van der Waals surface area contributed by atoms with Crippen molar-refractivity contribution < 1.29 is 23.1 Å².